The highest BCUT2D eigenvalue weighted by atomic mass is 16.1. The van der Waals surface area contributed by atoms with Crippen molar-refractivity contribution in [2.24, 2.45) is 5.73 Å². The average molecular weight is 144 g/mol. The van der Waals surface area contributed by atoms with E-state index >= 15 is 0 Å². The molecule has 3 heteroatoms. The third kappa shape index (κ3) is 2.82. The van der Waals surface area contributed by atoms with Crippen molar-refractivity contribution in [2.45, 2.75) is 32.2 Å². The minimum Gasteiger partial charge on any atom is -0.357 e. The molecular weight excluding hydrogens is 128 g/mol. The van der Waals surface area contributed by atoms with E-state index < -0.39 is 0 Å². The minimum absolute atomic E-state index is 0.207. The largest absolute Gasteiger partial charge is 0.357 e. The maximum atomic E-state index is 9.92. The van der Waals surface area contributed by atoms with Crippen molar-refractivity contribution < 1.29 is 4.79 Å². The van der Waals surface area contributed by atoms with Gasteiger partial charge in [-0.3, -0.25) is 4.79 Å². The van der Waals surface area contributed by atoms with Gasteiger partial charge in [0, 0.05) is 12.1 Å². The smallest absolute Gasteiger partial charge is 0.207 e. The highest BCUT2D eigenvalue weighted by molar-refractivity contribution is 5.46. The standard InChI is InChI=1S/C7H16N2O/c1-3-7(8,4-2)5-9-6-10/h6H,3-5,8H2,1-2H3,(H,9,10). The SMILES string of the molecule is CCC(N)(CC)CNC=O. The number of amides is 1. The molecule has 0 fully saturated rings. The van der Waals surface area contributed by atoms with E-state index in [-0.39, 0.29) is 5.54 Å². The fourth-order valence-corrected chi connectivity index (χ4v) is 0.745. The molecule has 1 amide bonds. The molecule has 0 aromatic heterocycles. The van der Waals surface area contributed by atoms with Crippen LogP contribution in [0.3, 0.4) is 0 Å². The molecule has 3 nitrogen and oxygen atoms in total. The molecule has 0 unspecified atom stereocenters. The Kier molecular flexibility index (Phi) is 4.03. The van der Waals surface area contributed by atoms with Crippen LogP contribution in [-0.4, -0.2) is 18.5 Å². The molecule has 0 aromatic rings. The van der Waals surface area contributed by atoms with Crippen molar-refractivity contribution in [2.75, 3.05) is 6.54 Å². The Labute approximate surface area is 62.0 Å². The average Bonchev–Trinajstić information content (AvgIpc) is 2.00. The lowest BCUT2D eigenvalue weighted by atomic mass is 9.94. The molecule has 0 bridgehead atoms. The quantitative estimate of drug-likeness (QED) is 0.543. The molecule has 0 aliphatic rings. The lowest BCUT2D eigenvalue weighted by molar-refractivity contribution is -0.109. The van der Waals surface area contributed by atoms with Gasteiger partial charge in [-0.15, -0.1) is 0 Å². The molecule has 0 atom stereocenters. The molecule has 60 valence electrons. The number of nitrogens with two attached hydrogens (primary N) is 1. The Hall–Kier alpha value is -0.570. The van der Waals surface area contributed by atoms with E-state index in [0.717, 1.165) is 12.8 Å². The zero-order chi connectivity index (χ0) is 8.04. The van der Waals surface area contributed by atoms with Crippen molar-refractivity contribution in [3.63, 3.8) is 0 Å². The van der Waals surface area contributed by atoms with Crippen molar-refractivity contribution in [1.29, 1.82) is 0 Å². The number of nitrogens with one attached hydrogen (secondary N) is 1. The predicted molar refractivity (Wildman–Crippen MR) is 41.6 cm³/mol. The third-order valence-corrected chi connectivity index (χ3v) is 1.95. The Morgan fingerprint density at radius 1 is 1.50 bits per heavy atom. The second kappa shape index (κ2) is 4.28. The summed E-state index contributed by atoms with van der Waals surface area (Å²) in [5.41, 5.74) is 5.65. The van der Waals surface area contributed by atoms with E-state index in [1.165, 1.54) is 0 Å². The van der Waals surface area contributed by atoms with Gasteiger partial charge in [-0.1, -0.05) is 13.8 Å². The van der Waals surface area contributed by atoms with Gasteiger partial charge in [0.2, 0.25) is 6.41 Å². The molecule has 0 radical (unpaired) electrons. The van der Waals surface area contributed by atoms with Crippen LogP contribution >= 0.6 is 0 Å². The lowest BCUT2D eigenvalue weighted by Crippen LogP contribution is -2.47. The van der Waals surface area contributed by atoms with E-state index in [1.807, 2.05) is 13.8 Å². The monoisotopic (exact) mass is 144 g/mol. The summed E-state index contributed by atoms with van der Waals surface area (Å²) in [4.78, 5) is 9.92. The highest BCUT2D eigenvalue weighted by Gasteiger charge is 2.18. The first-order valence-electron chi connectivity index (χ1n) is 3.64. The molecular formula is C7H16N2O. The maximum absolute atomic E-state index is 9.92. The fourth-order valence-electron chi connectivity index (χ4n) is 0.745. The molecule has 0 rings (SSSR count). The predicted octanol–water partition coefficient (Wildman–Crippen LogP) is 0.250. The number of carbonyl (C=O) groups is 1. The summed E-state index contributed by atoms with van der Waals surface area (Å²) in [5.74, 6) is 0. The van der Waals surface area contributed by atoms with Crippen LogP contribution in [0, 0.1) is 0 Å². The van der Waals surface area contributed by atoms with E-state index in [4.69, 9.17) is 5.73 Å². The summed E-state index contributed by atoms with van der Waals surface area (Å²) in [6, 6.07) is 0. The molecule has 0 aliphatic heterocycles. The molecule has 0 spiro atoms. The van der Waals surface area contributed by atoms with E-state index in [2.05, 4.69) is 5.32 Å². The summed E-state index contributed by atoms with van der Waals surface area (Å²) < 4.78 is 0. The first kappa shape index (κ1) is 9.43. The van der Waals surface area contributed by atoms with Crippen LogP contribution in [0.4, 0.5) is 0 Å². The zero-order valence-electron chi connectivity index (χ0n) is 6.68. The van der Waals surface area contributed by atoms with Crippen LogP contribution < -0.4 is 11.1 Å². The van der Waals surface area contributed by atoms with Crippen LogP contribution in [0.2, 0.25) is 0 Å². The molecule has 10 heavy (non-hydrogen) atoms. The Morgan fingerprint density at radius 2 is 2.00 bits per heavy atom. The van der Waals surface area contributed by atoms with Crippen molar-refractivity contribution in [3.8, 4) is 0 Å². The van der Waals surface area contributed by atoms with Gasteiger partial charge in [0.25, 0.3) is 0 Å². The molecule has 0 saturated heterocycles. The maximum Gasteiger partial charge on any atom is 0.207 e. The number of carbonyl (C=O) groups excluding carboxylic acids is 1. The first-order chi connectivity index (χ1) is 4.68. The fraction of sp³-hybridized carbons (Fsp3) is 0.857. The van der Waals surface area contributed by atoms with E-state index in [1.54, 1.807) is 0 Å². The van der Waals surface area contributed by atoms with Crippen molar-refractivity contribution in [3.05, 3.63) is 0 Å². The number of hydrogen-bond donors (Lipinski definition) is 2. The number of rotatable bonds is 5. The lowest BCUT2D eigenvalue weighted by Gasteiger charge is -2.25. The first-order valence-corrected chi connectivity index (χ1v) is 3.64. The summed E-state index contributed by atoms with van der Waals surface area (Å²) in [6.45, 7) is 4.62. The van der Waals surface area contributed by atoms with Crippen molar-refractivity contribution >= 4 is 6.41 Å². The summed E-state index contributed by atoms with van der Waals surface area (Å²) in [6.07, 6.45) is 2.47. The highest BCUT2D eigenvalue weighted by Crippen LogP contribution is 2.08. The van der Waals surface area contributed by atoms with E-state index in [0.29, 0.717) is 13.0 Å². The Bertz CT molecular complexity index is 99.8. The van der Waals surface area contributed by atoms with Gasteiger partial charge < -0.3 is 11.1 Å². The second-order valence-electron chi connectivity index (χ2n) is 2.57. The van der Waals surface area contributed by atoms with Gasteiger partial charge in [0.15, 0.2) is 0 Å². The molecule has 0 heterocycles. The molecule has 0 aromatic carbocycles. The summed E-state index contributed by atoms with van der Waals surface area (Å²) in [7, 11) is 0. The van der Waals surface area contributed by atoms with Gasteiger partial charge in [-0.25, -0.2) is 0 Å². The van der Waals surface area contributed by atoms with Crippen LogP contribution in [0.25, 0.3) is 0 Å². The van der Waals surface area contributed by atoms with Gasteiger partial charge >= 0.3 is 0 Å². The van der Waals surface area contributed by atoms with Crippen LogP contribution in [-0.2, 0) is 4.79 Å². The van der Waals surface area contributed by atoms with Gasteiger partial charge in [-0.2, -0.15) is 0 Å². The van der Waals surface area contributed by atoms with Gasteiger partial charge in [0.05, 0.1) is 0 Å². The molecule has 0 saturated carbocycles. The Morgan fingerprint density at radius 3 is 2.30 bits per heavy atom. The van der Waals surface area contributed by atoms with Gasteiger partial charge in [-0.05, 0) is 12.8 Å². The van der Waals surface area contributed by atoms with Crippen LogP contribution in [0.15, 0.2) is 0 Å². The zero-order valence-corrected chi connectivity index (χ0v) is 6.68. The second-order valence-corrected chi connectivity index (χ2v) is 2.57. The Balaban J connectivity index is 3.68. The van der Waals surface area contributed by atoms with Crippen LogP contribution in [0.1, 0.15) is 26.7 Å². The minimum atomic E-state index is -0.207. The third-order valence-electron chi connectivity index (χ3n) is 1.95. The van der Waals surface area contributed by atoms with Gasteiger partial charge in [0.1, 0.15) is 0 Å². The number of hydrogen-bond acceptors (Lipinski definition) is 2. The van der Waals surface area contributed by atoms with Crippen LogP contribution in [0.5, 0.6) is 0 Å². The summed E-state index contributed by atoms with van der Waals surface area (Å²) in [5, 5.41) is 2.59. The normalized spacial score (nSPS) is 11.1. The summed E-state index contributed by atoms with van der Waals surface area (Å²) >= 11 is 0. The topological polar surface area (TPSA) is 55.1 Å². The van der Waals surface area contributed by atoms with Crippen molar-refractivity contribution in [1.82, 2.24) is 5.32 Å². The van der Waals surface area contributed by atoms with E-state index in [9.17, 15) is 4.79 Å². The molecule has 0 aliphatic carbocycles. The molecule has 3 N–H and O–H groups in total.